The second-order valence-electron chi connectivity index (χ2n) is 4.93. The maximum Gasteiger partial charge on any atom is 0.135 e. The zero-order chi connectivity index (χ0) is 14.3. The number of benzene rings is 1. The fourth-order valence-corrected chi connectivity index (χ4v) is 2.71. The molecule has 0 radical (unpaired) electrons. The van der Waals surface area contributed by atoms with E-state index in [1.54, 1.807) is 0 Å². The van der Waals surface area contributed by atoms with Gasteiger partial charge >= 0.3 is 0 Å². The van der Waals surface area contributed by atoms with E-state index in [0.29, 0.717) is 12.4 Å². The SMILES string of the molecule is Cc1cccc2c1nc(C)c1nc(CO)n(CCO)c12. The summed E-state index contributed by atoms with van der Waals surface area (Å²) in [5, 5.41) is 19.8. The zero-order valence-corrected chi connectivity index (χ0v) is 11.6. The van der Waals surface area contributed by atoms with E-state index in [-0.39, 0.29) is 13.2 Å². The van der Waals surface area contributed by atoms with E-state index in [1.807, 2.05) is 36.6 Å². The Hall–Kier alpha value is -1.98. The standard InChI is InChI=1S/C15H17N3O2/c1-9-4-3-5-11-13(9)16-10(2)14-15(11)18(6-7-19)12(8-20)17-14/h3-5,19-20H,6-8H2,1-2H3. The zero-order valence-electron chi connectivity index (χ0n) is 11.6. The molecule has 0 fully saturated rings. The highest BCUT2D eigenvalue weighted by Crippen LogP contribution is 2.28. The molecule has 3 rings (SSSR count). The molecular formula is C15H17N3O2. The quantitative estimate of drug-likeness (QED) is 0.760. The minimum Gasteiger partial charge on any atom is -0.395 e. The van der Waals surface area contributed by atoms with Gasteiger partial charge in [-0.3, -0.25) is 4.98 Å². The van der Waals surface area contributed by atoms with Crippen molar-refractivity contribution in [3.8, 4) is 0 Å². The normalized spacial score (nSPS) is 11.6. The van der Waals surface area contributed by atoms with Crippen LogP contribution in [0.4, 0.5) is 0 Å². The highest BCUT2D eigenvalue weighted by atomic mass is 16.3. The minimum atomic E-state index is -0.151. The lowest BCUT2D eigenvalue weighted by molar-refractivity contribution is 0.249. The van der Waals surface area contributed by atoms with Crippen LogP contribution in [0.1, 0.15) is 17.1 Å². The third-order valence-electron chi connectivity index (χ3n) is 3.63. The van der Waals surface area contributed by atoms with E-state index < -0.39 is 0 Å². The summed E-state index contributed by atoms with van der Waals surface area (Å²) in [6.07, 6.45) is 0. The summed E-state index contributed by atoms with van der Waals surface area (Å²) in [5.41, 5.74) is 4.62. The van der Waals surface area contributed by atoms with Gasteiger partial charge in [0.1, 0.15) is 17.9 Å². The average molecular weight is 271 g/mol. The first kappa shape index (κ1) is 13.0. The highest BCUT2D eigenvalue weighted by molar-refractivity contribution is 6.04. The average Bonchev–Trinajstić information content (AvgIpc) is 2.81. The molecule has 0 aliphatic carbocycles. The Bertz CT molecular complexity index is 793. The van der Waals surface area contributed by atoms with E-state index in [9.17, 15) is 10.2 Å². The molecule has 5 heteroatoms. The number of aromatic nitrogens is 3. The molecular weight excluding hydrogens is 254 g/mol. The second kappa shape index (κ2) is 4.85. The molecule has 0 spiro atoms. The maximum atomic E-state index is 9.48. The van der Waals surface area contributed by atoms with Crippen LogP contribution in [0.25, 0.3) is 21.9 Å². The second-order valence-corrected chi connectivity index (χ2v) is 4.93. The Balaban J connectivity index is 2.52. The summed E-state index contributed by atoms with van der Waals surface area (Å²) < 4.78 is 1.88. The first-order chi connectivity index (χ1) is 9.67. The molecule has 1 aromatic carbocycles. The van der Waals surface area contributed by atoms with Crippen LogP contribution in [0.15, 0.2) is 18.2 Å². The van der Waals surface area contributed by atoms with Crippen molar-refractivity contribution in [3.63, 3.8) is 0 Å². The van der Waals surface area contributed by atoms with Crippen molar-refractivity contribution in [1.29, 1.82) is 0 Å². The van der Waals surface area contributed by atoms with Crippen molar-refractivity contribution in [3.05, 3.63) is 35.3 Å². The van der Waals surface area contributed by atoms with Crippen molar-refractivity contribution in [2.45, 2.75) is 27.0 Å². The van der Waals surface area contributed by atoms with Crippen molar-refractivity contribution in [2.75, 3.05) is 6.61 Å². The topological polar surface area (TPSA) is 71.2 Å². The Morgan fingerprint density at radius 2 is 1.90 bits per heavy atom. The molecule has 0 bridgehead atoms. The number of nitrogens with zero attached hydrogens (tertiary/aromatic N) is 3. The Morgan fingerprint density at radius 3 is 2.60 bits per heavy atom. The maximum absolute atomic E-state index is 9.48. The Kier molecular flexibility index (Phi) is 3.16. The van der Waals surface area contributed by atoms with Crippen LogP contribution >= 0.6 is 0 Å². The number of aliphatic hydroxyl groups excluding tert-OH is 2. The summed E-state index contributed by atoms with van der Waals surface area (Å²) in [7, 11) is 0. The van der Waals surface area contributed by atoms with Crippen LogP contribution < -0.4 is 0 Å². The van der Waals surface area contributed by atoms with Gasteiger partial charge in [0.15, 0.2) is 0 Å². The molecule has 3 aromatic rings. The van der Waals surface area contributed by atoms with Gasteiger partial charge in [-0.1, -0.05) is 18.2 Å². The molecule has 0 unspecified atom stereocenters. The van der Waals surface area contributed by atoms with E-state index in [2.05, 4.69) is 9.97 Å². The first-order valence-electron chi connectivity index (χ1n) is 6.64. The first-order valence-corrected chi connectivity index (χ1v) is 6.64. The molecule has 0 atom stereocenters. The van der Waals surface area contributed by atoms with Crippen LogP contribution in [0.2, 0.25) is 0 Å². The lowest BCUT2D eigenvalue weighted by atomic mass is 10.1. The predicted octanol–water partition coefficient (Wildman–Crippen LogP) is 1.69. The molecule has 20 heavy (non-hydrogen) atoms. The van der Waals surface area contributed by atoms with E-state index in [1.165, 1.54) is 0 Å². The van der Waals surface area contributed by atoms with Crippen LogP contribution in [0.3, 0.4) is 0 Å². The van der Waals surface area contributed by atoms with Gasteiger partial charge in [-0.05, 0) is 19.4 Å². The van der Waals surface area contributed by atoms with Gasteiger partial charge in [-0.2, -0.15) is 0 Å². The van der Waals surface area contributed by atoms with E-state index in [0.717, 1.165) is 33.2 Å². The lowest BCUT2D eigenvalue weighted by Crippen LogP contribution is -2.07. The van der Waals surface area contributed by atoms with Crippen LogP contribution in [-0.4, -0.2) is 31.4 Å². The molecule has 2 N–H and O–H groups in total. The number of aliphatic hydroxyl groups is 2. The Labute approximate surface area is 116 Å². The third kappa shape index (κ3) is 1.78. The van der Waals surface area contributed by atoms with Crippen molar-refractivity contribution < 1.29 is 10.2 Å². The van der Waals surface area contributed by atoms with Gasteiger partial charge in [0.2, 0.25) is 0 Å². The molecule has 0 aliphatic heterocycles. The van der Waals surface area contributed by atoms with Crippen LogP contribution in [-0.2, 0) is 13.2 Å². The number of aryl methyl sites for hydroxylation is 2. The van der Waals surface area contributed by atoms with Gasteiger partial charge in [0.05, 0.1) is 23.3 Å². The third-order valence-corrected chi connectivity index (χ3v) is 3.63. The highest BCUT2D eigenvalue weighted by Gasteiger charge is 2.16. The summed E-state index contributed by atoms with van der Waals surface area (Å²) in [6, 6.07) is 6.02. The fraction of sp³-hybridized carbons (Fsp3) is 0.333. The fourth-order valence-electron chi connectivity index (χ4n) is 2.71. The molecule has 0 saturated heterocycles. The molecule has 2 heterocycles. The van der Waals surface area contributed by atoms with Gasteiger partial charge in [-0.25, -0.2) is 4.98 Å². The van der Waals surface area contributed by atoms with Crippen molar-refractivity contribution in [2.24, 2.45) is 0 Å². The van der Waals surface area contributed by atoms with Crippen molar-refractivity contribution >= 4 is 21.9 Å². The number of hydrogen-bond acceptors (Lipinski definition) is 4. The van der Waals surface area contributed by atoms with E-state index >= 15 is 0 Å². The summed E-state index contributed by atoms with van der Waals surface area (Å²) in [5.74, 6) is 0.563. The number of imidazole rings is 1. The van der Waals surface area contributed by atoms with E-state index in [4.69, 9.17) is 0 Å². The molecule has 2 aromatic heterocycles. The summed E-state index contributed by atoms with van der Waals surface area (Å²) in [4.78, 5) is 9.10. The van der Waals surface area contributed by atoms with Crippen LogP contribution in [0, 0.1) is 13.8 Å². The number of fused-ring (bicyclic) bond motifs is 3. The number of rotatable bonds is 3. The monoisotopic (exact) mass is 271 g/mol. The van der Waals surface area contributed by atoms with Gasteiger partial charge in [0.25, 0.3) is 0 Å². The predicted molar refractivity (Wildman–Crippen MR) is 77.5 cm³/mol. The smallest absolute Gasteiger partial charge is 0.135 e. The van der Waals surface area contributed by atoms with Gasteiger partial charge < -0.3 is 14.8 Å². The van der Waals surface area contributed by atoms with Crippen LogP contribution in [0.5, 0.6) is 0 Å². The molecule has 0 amide bonds. The summed E-state index contributed by atoms with van der Waals surface area (Å²) >= 11 is 0. The molecule has 5 nitrogen and oxygen atoms in total. The van der Waals surface area contributed by atoms with Crippen molar-refractivity contribution in [1.82, 2.24) is 14.5 Å². The number of hydrogen-bond donors (Lipinski definition) is 2. The molecule has 0 saturated carbocycles. The summed E-state index contributed by atoms with van der Waals surface area (Å²) in [6.45, 7) is 4.22. The minimum absolute atomic E-state index is 0.00708. The lowest BCUT2D eigenvalue weighted by Gasteiger charge is -2.09. The molecule has 104 valence electrons. The largest absolute Gasteiger partial charge is 0.395 e. The van der Waals surface area contributed by atoms with Gasteiger partial charge in [-0.15, -0.1) is 0 Å². The van der Waals surface area contributed by atoms with Gasteiger partial charge in [0, 0.05) is 11.9 Å². The molecule has 0 aliphatic rings. The number of pyridine rings is 1. The number of para-hydroxylation sites is 1. The Morgan fingerprint density at radius 1 is 1.10 bits per heavy atom.